The molecule has 1 aliphatic rings. The van der Waals surface area contributed by atoms with Crippen LogP contribution in [0.4, 0.5) is 0 Å². The van der Waals surface area contributed by atoms with Crippen LogP contribution in [-0.2, 0) is 16.1 Å². The van der Waals surface area contributed by atoms with Crippen LogP contribution >= 0.6 is 11.3 Å². The molecule has 33 heavy (non-hydrogen) atoms. The summed E-state index contributed by atoms with van der Waals surface area (Å²) in [6.07, 6.45) is 4.63. The first kappa shape index (κ1) is 25.4. The number of carbonyl (C=O) groups excluding carboxylic acids is 2. The molecule has 0 unspecified atom stereocenters. The third-order valence-electron chi connectivity index (χ3n) is 6.29. The number of nitrogens with zero attached hydrogens (tertiary/aromatic N) is 3. The molecule has 0 bridgehead atoms. The van der Waals surface area contributed by atoms with Crippen molar-refractivity contribution in [1.82, 2.24) is 25.1 Å². The lowest BCUT2D eigenvalue weighted by molar-refractivity contribution is -0.123. The maximum atomic E-state index is 12.7. The summed E-state index contributed by atoms with van der Waals surface area (Å²) in [5.74, 6) is 1.26. The molecule has 1 saturated heterocycles. The average Bonchev–Trinajstić information content (AvgIpc) is 3.04. The quantitative estimate of drug-likeness (QED) is 0.515. The average molecular weight is 476 g/mol. The van der Waals surface area contributed by atoms with Gasteiger partial charge in [-0.05, 0) is 57.1 Å². The van der Waals surface area contributed by atoms with E-state index in [0.717, 1.165) is 48.3 Å². The van der Waals surface area contributed by atoms with Gasteiger partial charge >= 0.3 is 0 Å². The van der Waals surface area contributed by atoms with Crippen LogP contribution in [0.5, 0.6) is 0 Å². The first-order chi connectivity index (χ1) is 15.7. The van der Waals surface area contributed by atoms with Crippen LogP contribution in [0.15, 0.2) is 11.1 Å². The van der Waals surface area contributed by atoms with E-state index < -0.39 is 0 Å². The predicted molar refractivity (Wildman–Crippen MR) is 133 cm³/mol. The Morgan fingerprint density at radius 3 is 2.48 bits per heavy atom. The second kappa shape index (κ2) is 11.7. The summed E-state index contributed by atoms with van der Waals surface area (Å²) in [5.41, 5.74) is 0.734. The zero-order chi connectivity index (χ0) is 24.0. The summed E-state index contributed by atoms with van der Waals surface area (Å²) in [5, 5.41) is 6.35. The van der Waals surface area contributed by atoms with E-state index in [9.17, 15) is 14.4 Å². The van der Waals surface area contributed by atoms with Crippen molar-refractivity contribution < 1.29 is 9.59 Å². The van der Waals surface area contributed by atoms with Crippen molar-refractivity contribution in [3.63, 3.8) is 0 Å². The minimum absolute atomic E-state index is 0.0128. The monoisotopic (exact) mass is 475 g/mol. The second-order valence-corrected chi connectivity index (χ2v) is 10.7. The molecule has 1 fully saturated rings. The van der Waals surface area contributed by atoms with Crippen molar-refractivity contribution in [2.45, 2.75) is 59.9 Å². The molecule has 182 valence electrons. The van der Waals surface area contributed by atoms with Gasteiger partial charge in [0.05, 0.1) is 11.7 Å². The molecule has 0 radical (unpaired) electrons. The van der Waals surface area contributed by atoms with E-state index in [1.54, 1.807) is 0 Å². The molecule has 0 aromatic carbocycles. The molecule has 0 aliphatic carbocycles. The maximum Gasteiger partial charge on any atom is 0.262 e. The van der Waals surface area contributed by atoms with E-state index in [4.69, 9.17) is 0 Å². The van der Waals surface area contributed by atoms with Gasteiger partial charge < -0.3 is 15.5 Å². The lowest BCUT2D eigenvalue weighted by atomic mass is 9.92. The molecule has 2 aromatic rings. The first-order valence-electron chi connectivity index (χ1n) is 12.0. The highest BCUT2D eigenvalue weighted by Crippen LogP contribution is 2.25. The van der Waals surface area contributed by atoms with Crippen molar-refractivity contribution in [2.24, 2.45) is 11.8 Å². The van der Waals surface area contributed by atoms with Crippen molar-refractivity contribution in [3.05, 3.63) is 27.1 Å². The summed E-state index contributed by atoms with van der Waals surface area (Å²) >= 11 is 1.49. The van der Waals surface area contributed by atoms with Gasteiger partial charge in [-0.15, -0.1) is 11.3 Å². The summed E-state index contributed by atoms with van der Waals surface area (Å²) in [6.45, 7) is 12.8. The number of rotatable bonds is 10. The number of carbonyl (C=O) groups is 2. The Kier molecular flexibility index (Phi) is 9.02. The molecule has 9 heteroatoms. The SMILES string of the molecule is Cc1sc2ncn(CC(=O)NCCCC(=O)NCCCN3C[C@H](C)C[C@H](C)C3)c(=O)c2c1C. The van der Waals surface area contributed by atoms with Gasteiger partial charge in [0.25, 0.3) is 5.56 Å². The summed E-state index contributed by atoms with van der Waals surface area (Å²) in [7, 11) is 0. The number of aromatic nitrogens is 2. The number of thiophene rings is 1. The van der Waals surface area contributed by atoms with Crippen molar-refractivity contribution in [3.8, 4) is 0 Å². The van der Waals surface area contributed by atoms with E-state index in [2.05, 4.69) is 34.4 Å². The normalized spacial score (nSPS) is 19.0. The molecule has 2 atom stereocenters. The Morgan fingerprint density at radius 2 is 1.76 bits per heavy atom. The number of hydrogen-bond donors (Lipinski definition) is 2. The molecule has 0 saturated carbocycles. The molecule has 2 aromatic heterocycles. The number of hydrogen-bond acceptors (Lipinski definition) is 6. The largest absolute Gasteiger partial charge is 0.356 e. The molecule has 2 amide bonds. The third-order valence-corrected chi connectivity index (χ3v) is 7.41. The molecular weight excluding hydrogens is 438 g/mol. The van der Waals surface area contributed by atoms with E-state index in [-0.39, 0.29) is 23.9 Å². The van der Waals surface area contributed by atoms with Gasteiger partial charge in [0.2, 0.25) is 11.8 Å². The van der Waals surface area contributed by atoms with Crippen LogP contribution in [0, 0.1) is 25.7 Å². The molecule has 0 spiro atoms. The number of amides is 2. The lowest BCUT2D eigenvalue weighted by Crippen LogP contribution is -2.40. The number of fused-ring (bicyclic) bond motifs is 1. The van der Waals surface area contributed by atoms with E-state index in [1.165, 1.54) is 28.7 Å². The second-order valence-electron chi connectivity index (χ2n) is 9.50. The van der Waals surface area contributed by atoms with E-state index in [0.29, 0.717) is 36.1 Å². The van der Waals surface area contributed by atoms with Crippen LogP contribution < -0.4 is 16.2 Å². The lowest BCUT2D eigenvalue weighted by Gasteiger charge is -2.34. The Bertz CT molecular complexity index is 1020. The van der Waals surface area contributed by atoms with Crippen LogP contribution in [-0.4, -0.2) is 59.0 Å². The van der Waals surface area contributed by atoms with Crippen molar-refractivity contribution in [2.75, 3.05) is 32.7 Å². The summed E-state index contributed by atoms with van der Waals surface area (Å²) in [4.78, 5) is 45.5. The van der Waals surface area contributed by atoms with Gasteiger partial charge in [-0.3, -0.25) is 19.0 Å². The Balaban J connectivity index is 1.31. The molecular formula is C24H37N5O3S. The maximum absolute atomic E-state index is 12.7. The minimum Gasteiger partial charge on any atom is -0.356 e. The van der Waals surface area contributed by atoms with E-state index in [1.807, 2.05) is 13.8 Å². The fraction of sp³-hybridized carbons (Fsp3) is 0.667. The number of nitrogens with one attached hydrogen (secondary N) is 2. The molecule has 3 heterocycles. The zero-order valence-electron chi connectivity index (χ0n) is 20.3. The van der Waals surface area contributed by atoms with Crippen molar-refractivity contribution in [1.29, 1.82) is 0 Å². The van der Waals surface area contributed by atoms with Crippen LogP contribution in [0.3, 0.4) is 0 Å². The van der Waals surface area contributed by atoms with E-state index >= 15 is 0 Å². The minimum atomic E-state index is -0.256. The topological polar surface area (TPSA) is 96.3 Å². The highest BCUT2D eigenvalue weighted by Gasteiger charge is 2.21. The Hall–Kier alpha value is -2.26. The van der Waals surface area contributed by atoms with Gasteiger partial charge in [0.1, 0.15) is 11.4 Å². The third kappa shape index (κ3) is 7.11. The van der Waals surface area contributed by atoms with Gasteiger partial charge in [0, 0.05) is 37.5 Å². The fourth-order valence-corrected chi connectivity index (χ4v) is 5.65. The smallest absolute Gasteiger partial charge is 0.262 e. The van der Waals surface area contributed by atoms with Crippen molar-refractivity contribution >= 4 is 33.4 Å². The highest BCUT2D eigenvalue weighted by molar-refractivity contribution is 7.18. The summed E-state index contributed by atoms with van der Waals surface area (Å²) < 4.78 is 1.34. The van der Waals surface area contributed by atoms with Gasteiger partial charge in [0.15, 0.2) is 0 Å². The number of aryl methyl sites for hydroxylation is 2. The van der Waals surface area contributed by atoms with Crippen LogP contribution in [0.2, 0.25) is 0 Å². The number of piperidine rings is 1. The number of likely N-dealkylation sites (tertiary alicyclic amines) is 1. The molecule has 2 N–H and O–H groups in total. The molecule has 8 nitrogen and oxygen atoms in total. The predicted octanol–water partition coefficient (Wildman–Crippen LogP) is 2.46. The molecule has 1 aliphatic heterocycles. The van der Waals surface area contributed by atoms with Crippen LogP contribution in [0.1, 0.15) is 50.0 Å². The zero-order valence-corrected chi connectivity index (χ0v) is 21.1. The fourth-order valence-electron chi connectivity index (χ4n) is 4.66. The summed E-state index contributed by atoms with van der Waals surface area (Å²) in [6, 6.07) is 0. The molecule has 3 rings (SSSR count). The Labute approximate surface area is 199 Å². The van der Waals surface area contributed by atoms with Gasteiger partial charge in [-0.1, -0.05) is 13.8 Å². The standard InChI is InChI=1S/C24H37N5O3S/c1-16-11-17(2)13-28(12-16)10-6-9-25-20(30)7-5-8-26-21(31)14-29-15-27-23-22(24(29)32)18(3)19(4)33-23/h15-17H,5-14H2,1-4H3,(H,25,30)(H,26,31)/t16-,17+. The highest BCUT2D eigenvalue weighted by atomic mass is 32.1. The van der Waals surface area contributed by atoms with Gasteiger partial charge in [-0.2, -0.15) is 0 Å². The first-order valence-corrected chi connectivity index (χ1v) is 12.8. The van der Waals surface area contributed by atoms with Gasteiger partial charge in [-0.25, -0.2) is 4.98 Å². The Morgan fingerprint density at radius 1 is 1.09 bits per heavy atom. The van der Waals surface area contributed by atoms with Crippen LogP contribution in [0.25, 0.3) is 10.2 Å².